The number of rotatable bonds is 6. The molecule has 0 saturated heterocycles. The molecule has 0 bridgehead atoms. The summed E-state index contributed by atoms with van der Waals surface area (Å²) in [5.74, 6) is 2.52. The van der Waals surface area contributed by atoms with Crippen molar-refractivity contribution in [2.24, 2.45) is 0 Å². The smallest absolute Gasteiger partial charge is 0.222 e. The topological polar surface area (TPSA) is 62.7 Å². The number of fused-ring (bicyclic) bond motifs is 1. The van der Waals surface area contributed by atoms with Crippen LogP contribution in [-0.2, 0) is 12.8 Å². The van der Waals surface area contributed by atoms with Gasteiger partial charge in [0.15, 0.2) is 0 Å². The Labute approximate surface area is 143 Å². The van der Waals surface area contributed by atoms with E-state index in [9.17, 15) is 0 Å². The molecular formula is C19H25N5. The van der Waals surface area contributed by atoms with E-state index in [-0.39, 0.29) is 0 Å². The zero-order valence-corrected chi connectivity index (χ0v) is 14.3. The monoisotopic (exact) mass is 323 g/mol. The Morgan fingerprint density at radius 3 is 2.88 bits per heavy atom. The third-order valence-corrected chi connectivity index (χ3v) is 4.88. The van der Waals surface area contributed by atoms with Gasteiger partial charge in [0.25, 0.3) is 0 Å². The molecule has 2 aromatic heterocycles. The van der Waals surface area contributed by atoms with Crippen molar-refractivity contribution in [1.82, 2.24) is 15.0 Å². The Morgan fingerprint density at radius 2 is 2.08 bits per heavy atom. The van der Waals surface area contributed by atoms with Gasteiger partial charge in [0.05, 0.1) is 0 Å². The van der Waals surface area contributed by atoms with Crippen LogP contribution in [-0.4, -0.2) is 27.5 Å². The third kappa shape index (κ3) is 3.66. The van der Waals surface area contributed by atoms with Crippen molar-refractivity contribution in [2.75, 3.05) is 17.2 Å². The summed E-state index contributed by atoms with van der Waals surface area (Å²) in [7, 11) is 0. The Hall–Kier alpha value is -2.17. The number of anilines is 2. The number of nitrogens with one attached hydrogen (secondary N) is 2. The highest BCUT2D eigenvalue weighted by Crippen LogP contribution is 2.39. The first-order valence-electron chi connectivity index (χ1n) is 9.09. The Kier molecular flexibility index (Phi) is 4.32. The first-order chi connectivity index (χ1) is 11.8. The molecule has 4 rings (SSSR count). The predicted octanol–water partition coefficient (Wildman–Crippen LogP) is 3.54. The molecule has 1 atom stereocenters. The van der Waals surface area contributed by atoms with Crippen LogP contribution in [0.25, 0.3) is 0 Å². The second-order valence-corrected chi connectivity index (χ2v) is 7.04. The van der Waals surface area contributed by atoms with Gasteiger partial charge in [-0.1, -0.05) is 6.07 Å². The maximum absolute atomic E-state index is 4.76. The number of nitrogens with zero attached hydrogens (tertiary/aromatic N) is 3. The highest BCUT2D eigenvalue weighted by atomic mass is 15.1. The second-order valence-electron chi connectivity index (χ2n) is 7.04. The lowest BCUT2D eigenvalue weighted by Crippen LogP contribution is -2.18. The van der Waals surface area contributed by atoms with Gasteiger partial charge in [0, 0.05) is 30.7 Å². The molecule has 2 aliphatic rings. The Bertz CT molecular complexity index is 693. The van der Waals surface area contributed by atoms with E-state index in [1.807, 2.05) is 12.4 Å². The zero-order chi connectivity index (χ0) is 16.4. The number of hydrogen-bond donors (Lipinski definition) is 2. The fourth-order valence-electron chi connectivity index (χ4n) is 3.21. The summed E-state index contributed by atoms with van der Waals surface area (Å²) in [6.07, 6.45) is 10.8. The summed E-state index contributed by atoms with van der Waals surface area (Å²) < 4.78 is 0. The van der Waals surface area contributed by atoms with Gasteiger partial charge in [-0.15, -0.1) is 0 Å². The molecule has 3 heterocycles. The molecule has 1 saturated carbocycles. The molecule has 0 aromatic carbocycles. The van der Waals surface area contributed by atoms with Crippen molar-refractivity contribution in [2.45, 2.75) is 57.4 Å². The molecule has 1 aliphatic heterocycles. The molecule has 5 nitrogen and oxygen atoms in total. The lowest BCUT2D eigenvalue weighted by Gasteiger charge is -2.18. The molecule has 0 radical (unpaired) electrons. The number of hydrogen-bond acceptors (Lipinski definition) is 5. The quantitative estimate of drug-likeness (QED) is 0.851. The van der Waals surface area contributed by atoms with Gasteiger partial charge < -0.3 is 10.6 Å². The van der Waals surface area contributed by atoms with E-state index in [0.717, 1.165) is 43.3 Å². The van der Waals surface area contributed by atoms with Crippen LogP contribution in [0.5, 0.6) is 0 Å². The largest absolute Gasteiger partial charge is 0.370 e. The van der Waals surface area contributed by atoms with Crippen molar-refractivity contribution >= 4 is 11.8 Å². The molecule has 126 valence electrons. The van der Waals surface area contributed by atoms with E-state index in [1.165, 1.54) is 30.4 Å². The fraction of sp³-hybridized carbons (Fsp3) is 0.526. The summed E-state index contributed by atoms with van der Waals surface area (Å²) in [4.78, 5) is 13.6. The van der Waals surface area contributed by atoms with E-state index in [2.05, 4.69) is 39.7 Å². The average molecular weight is 323 g/mol. The molecule has 1 aliphatic carbocycles. The summed E-state index contributed by atoms with van der Waals surface area (Å²) >= 11 is 0. The summed E-state index contributed by atoms with van der Waals surface area (Å²) in [5, 5.41) is 6.80. The van der Waals surface area contributed by atoms with Gasteiger partial charge in [-0.2, -0.15) is 0 Å². The first kappa shape index (κ1) is 15.4. The molecule has 2 aromatic rings. The van der Waals surface area contributed by atoms with Crippen LogP contribution in [0.3, 0.4) is 0 Å². The molecule has 5 heteroatoms. The van der Waals surface area contributed by atoms with E-state index in [1.54, 1.807) is 0 Å². The maximum Gasteiger partial charge on any atom is 0.222 e. The molecule has 24 heavy (non-hydrogen) atoms. The minimum Gasteiger partial charge on any atom is -0.370 e. The number of pyridine rings is 1. The van der Waals surface area contributed by atoms with E-state index in [4.69, 9.17) is 4.98 Å². The van der Waals surface area contributed by atoms with Crippen LogP contribution in [0.2, 0.25) is 0 Å². The molecular weight excluding hydrogens is 298 g/mol. The van der Waals surface area contributed by atoms with Crippen molar-refractivity contribution < 1.29 is 0 Å². The van der Waals surface area contributed by atoms with Crippen LogP contribution >= 0.6 is 0 Å². The van der Waals surface area contributed by atoms with Crippen LogP contribution in [0.1, 0.15) is 55.3 Å². The Balaban J connectivity index is 1.30. The third-order valence-electron chi connectivity index (χ3n) is 4.88. The van der Waals surface area contributed by atoms with Crippen molar-refractivity contribution in [3.05, 3.63) is 41.3 Å². The fourth-order valence-corrected chi connectivity index (χ4v) is 3.21. The van der Waals surface area contributed by atoms with Crippen molar-refractivity contribution in [3.8, 4) is 0 Å². The van der Waals surface area contributed by atoms with Gasteiger partial charge in [-0.3, -0.25) is 0 Å². The number of aromatic nitrogens is 3. The molecule has 0 unspecified atom stereocenters. The molecule has 1 fully saturated rings. The Morgan fingerprint density at radius 1 is 1.25 bits per heavy atom. The minimum atomic E-state index is 0.322. The van der Waals surface area contributed by atoms with Crippen LogP contribution < -0.4 is 10.6 Å². The van der Waals surface area contributed by atoms with E-state index in [0.29, 0.717) is 12.0 Å². The standard InChI is InChI=1S/C19H25N5/c1-13(23-19-21-11-16(12-22-19)14-5-6-14)4-8-17-9-7-15-3-2-10-20-18(15)24-17/h7,9,11-14H,2-6,8,10H2,1H3,(H,20,24)(H,21,22,23)/t13-/m0/s1. The minimum absolute atomic E-state index is 0.322. The second kappa shape index (κ2) is 6.75. The molecule has 0 amide bonds. The lowest BCUT2D eigenvalue weighted by atomic mass is 10.1. The maximum atomic E-state index is 4.76. The summed E-state index contributed by atoms with van der Waals surface area (Å²) in [6, 6.07) is 4.71. The predicted molar refractivity (Wildman–Crippen MR) is 96.5 cm³/mol. The van der Waals surface area contributed by atoms with E-state index >= 15 is 0 Å². The van der Waals surface area contributed by atoms with Crippen LogP contribution in [0.4, 0.5) is 11.8 Å². The first-order valence-corrected chi connectivity index (χ1v) is 9.09. The zero-order valence-electron chi connectivity index (χ0n) is 14.3. The normalized spacial score (nSPS) is 17.7. The SMILES string of the molecule is C[C@@H](CCc1ccc2c(n1)NCCC2)Nc1ncc(C2CC2)cn1. The van der Waals surface area contributed by atoms with Crippen molar-refractivity contribution in [3.63, 3.8) is 0 Å². The number of aryl methyl sites for hydroxylation is 2. The van der Waals surface area contributed by atoms with Gasteiger partial charge in [0.1, 0.15) is 5.82 Å². The van der Waals surface area contributed by atoms with Crippen LogP contribution in [0, 0.1) is 0 Å². The highest BCUT2D eigenvalue weighted by molar-refractivity contribution is 5.47. The van der Waals surface area contributed by atoms with Gasteiger partial charge >= 0.3 is 0 Å². The summed E-state index contributed by atoms with van der Waals surface area (Å²) in [5.41, 5.74) is 3.78. The highest BCUT2D eigenvalue weighted by Gasteiger charge is 2.24. The summed E-state index contributed by atoms with van der Waals surface area (Å²) in [6.45, 7) is 3.21. The molecule has 2 N–H and O–H groups in total. The van der Waals surface area contributed by atoms with Crippen LogP contribution in [0.15, 0.2) is 24.5 Å². The van der Waals surface area contributed by atoms with E-state index < -0.39 is 0 Å². The average Bonchev–Trinajstić information content (AvgIpc) is 3.46. The molecule has 0 spiro atoms. The van der Waals surface area contributed by atoms with Gasteiger partial charge in [-0.05, 0) is 68.6 Å². The lowest BCUT2D eigenvalue weighted by molar-refractivity contribution is 0.687. The van der Waals surface area contributed by atoms with Gasteiger partial charge in [-0.25, -0.2) is 15.0 Å². The van der Waals surface area contributed by atoms with Gasteiger partial charge in [0.2, 0.25) is 5.95 Å². The van der Waals surface area contributed by atoms with Crippen molar-refractivity contribution in [1.29, 1.82) is 0 Å².